The van der Waals surface area contributed by atoms with Crippen LogP contribution < -0.4 is 0 Å². The molecule has 0 aromatic carbocycles. The van der Waals surface area contributed by atoms with Crippen LogP contribution in [-0.2, 0) is 43.2 Å². The normalized spacial score (nSPS) is 6.08. The van der Waals surface area contributed by atoms with E-state index >= 15 is 0 Å². The molecule has 0 aromatic heterocycles. The SMILES string of the molecule is CC(=O)O.CC(=O)O.CC(=O)O.CC(=O)O.CC(=O)O.CC(=O)O.CC(=O)O.CC(=O)O.CC(=O)O.[NaH]. The number of hydrogen-bond acceptors (Lipinski definition) is 9. The molecule has 9 N–H and O–H groups in total. The van der Waals surface area contributed by atoms with Crippen LogP contribution in [-0.4, -0.2) is 129 Å². The Bertz CT molecular complexity index is 421. The molecule has 0 aliphatic heterocycles. The van der Waals surface area contributed by atoms with Crippen molar-refractivity contribution in [2.75, 3.05) is 0 Å². The number of carboxylic acids is 9. The van der Waals surface area contributed by atoms with Crippen molar-refractivity contribution >= 4 is 83.3 Å². The summed E-state index contributed by atoms with van der Waals surface area (Å²) in [7, 11) is 0. The molecule has 0 radical (unpaired) electrons. The first-order chi connectivity index (χ1) is 15.6. The second-order valence-electron chi connectivity index (χ2n) is 4.67. The molecule has 0 bridgehead atoms. The zero-order valence-corrected chi connectivity index (χ0v) is 21.2. The summed E-state index contributed by atoms with van der Waals surface area (Å²) in [6, 6.07) is 0. The first kappa shape index (κ1) is 64.0. The van der Waals surface area contributed by atoms with Gasteiger partial charge in [-0.15, -0.1) is 0 Å². The number of aliphatic carboxylic acids is 9. The van der Waals surface area contributed by atoms with Crippen molar-refractivity contribution in [3.8, 4) is 0 Å². The van der Waals surface area contributed by atoms with Crippen LogP contribution in [0.2, 0.25) is 0 Å². The van der Waals surface area contributed by atoms with Crippen molar-refractivity contribution in [2.24, 2.45) is 0 Å². The van der Waals surface area contributed by atoms with Crippen molar-refractivity contribution in [3.63, 3.8) is 0 Å². The van der Waals surface area contributed by atoms with Crippen LogP contribution in [0.3, 0.4) is 0 Å². The second kappa shape index (κ2) is 58.3. The average Bonchev–Trinajstić information content (AvgIpc) is 2.39. The van der Waals surface area contributed by atoms with Gasteiger partial charge < -0.3 is 46.0 Å². The van der Waals surface area contributed by atoms with Crippen LogP contribution in [0, 0.1) is 0 Å². The molecule has 19 heteroatoms. The topological polar surface area (TPSA) is 336 Å². The molecule has 0 saturated carbocycles. The maximum atomic E-state index is 9.00. The van der Waals surface area contributed by atoms with Gasteiger partial charge >= 0.3 is 29.6 Å². The molecular weight excluding hydrogens is 527 g/mol. The summed E-state index contributed by atoms with van der Waals surface area (Å²) in [6.45, 7) is 9.75. The van der Waals surface area contributed by atoms with Gasteiger partial charge in [0, 0.05) is 62.3 Å². The molecule has 37 heavy (non-hydrogen) atoms. The summed E-state index contributed by atoms with van der Waals surface area (Å²) in [4.78, 5) is 81.0. The Kier molecular flexibility index (Phi) is 101. The minimum absolute atomic E-state index is 0. The quantitative estimate of drug-likeness (QED) is 0.177. The third-order valence-corrected chi connectivity index (χ3v) is 0. The number of rotatable bonds is 0. The molecule has 18 nitrogen and oxygen atoms in total. The summed E-state index contributed by atoms with van der Waals surface area (Å²) in [6.07, 6.45) is 0. The van der Waals surface area contributed by atoms with E-state index in [0.29, 0.717) is 0 Å². The van der Waals surface area contributed by atoms with Crippen molar-refractivity contribution < 1.29 is 89.1 Å². The summed E-state index contributed by atoms with van der Waals surface area (Å²) in [5, 5.41) is 66.7. The number of carboxylic acid groups (broad SMARTS) is 9. The van der Waals surface area contributed by atoms with E-state index in [9.17, 15) is 0 Å². The van der Waals surface area contributed by atoms with Crippen molar-refractivity contribution in [1.29, 1.82) is 0 Å². The molecule has 0 spiro atoms. The van der Waals surface area contributed by atoms with E-state index in [1.807, 2.05) is 0 Å². The molecule has 0 fully saturated rings. The Labute approximate surface area is 234 Å². The van der Waals surface area contributed by atoms with Crippen LogP contribution in [0.25, 0.3) is 0 Å². The molecular formula is C18H37NaO18. The van der Waals surface area contributed by atoms with Gasteiger partial charge in [-0.2, -0.15) is 0 Å². The van der Waals surface area contributed by atoms with E-state index in [0.717, 1.165) is 62.3 Å². The van der Waals surface area contributed by atoms with Gasteiger partial charge in [-0.3, -0.25) is 43.2 Å². The van der Waals surface area contributed by atoms with Crippen LogP contribution in [0.4, 0.5) is 0 Å². The van der Waals surface area contributed by atoms with Crippen molar-refractivity contribution in [3.05, 3.63) is 0 Å². The maximum absolute atomic E-state index is 9.00. The molecule has 0 aromatic rings. The van der Waals surface area contributed by atoms with E-state index in [1.54, 1.807) is 0 Å². The number of hydrogen-bond donors (Lipinski definition) is 9. The molecule has 0 rings (SSSR count). The van der Waals surface area contributed by atoms with Gasteiger partial charge in [-0.1, -0.05) is 0 Å². The molecule has 218 valence electrons. The van der Waals surface area contributed by atoms with Crippen molar-refractivity contribution in [2.45, 2.75) is 62.3 Å². The van der Waals surface area contributed by atoms with Gasteiger partial charge in [0.05, 0.1) is 0 Å². The Hall–Kier alpha value is -3.77. The predicted molar refractivity (Wildman–Crippen MR) is 127 cm³/mol. The van der Waals surface area contributed by atoms with E-state index in [2.05, 4.69) is 0 Å². The van der Waals surface area contributed by atoms with E-state index in [-0.39, 0.29) is 29.6 Å². The molecule has 0 unspecified atom stereocenters. The second-order valence-corrected chi connectivity index (χ2v) is 4.67. The van der Waals surface area contributed by atoms with Gasteiger partial charge in [0.2, 0.25) is 0 Å². The summed E-state index contributed by atoms with van der Waals surface area (Å²) < 4.78 is 0. The third kappa shape index (κ3) is 2070. The Balaban J connectivity index is -0.0000000276. The van der Waals surface area contributed by atoms with Crippen LogP contribution >= 0.6 is 0 Å². The fraction of sp³-hybridized carbons (Fsp3) is 0.500. The standard InChI is InChI=1S/9C2H4O2.Na.H/c9*1-2(3)4;;/h9*1H3,(H,3,4);;. The van der Waals surface area contributed by atoms with Crippen LogP contribution in [0.5, 0.6) is 0 Å². The number of carbonyl (C=O) groups is 9. The average molecular weight is 564 g/mol. The zero-order chi connectivity index (χ0) is 32.2. The molecule has 0 aliphatic rings. The first-order valence-corrected chi connectivity index (χ1v) is 8.35. The van der Waals surface area contributed by atoms with Crippen LogP contribution in [0.1, 0.15) is 62.3 Å². The van der Waals surface area contributed by atoms with E-state index in [4.69, 9.17) is 89.1 Å². The molecule has 0 amide bonds. The summed E-state index contributed by atoms with van der Waals surface area (Å²) in [5.41, 5.74) is 0. The Morgan fingerprint density at radius 2 is 0.243 bits per heavy atom. The summed E-state index contributed by atoms with van der Waals surface area (Å²) in [5.74, 6) is -7.50. The van der Waals surface area contributed by atoms with Crippen molar-refractivity contribution in [1.82, 2.24) is 0 Å². The van der Waals surface area contributed by atoms with Gasteiger partial charge in [0.15, 0.2) is 0 Å². The van der Waals surface area contributed by atoms with Gasteiger partial charge in [-0.25, -0.2) is 0 Å². The molecule has 0 atom stereocenters. The first-order valence-electron chi connectivity index (χ1n) is 8.35. The fourth-order valence-corrected chi connectivity index (χ4v) is 0. The molecule has 0 aliphatic carbocycles. The monoisotopic (exact) mass is 564 g/mol. The van der Waals surface area contributed by atoms with Crippen LogP contribution in [0.15, 0.2) is 0 Å². The minimum atomic E-state index is -0.833. The van der Waals surface area contributed by atoms with E-state index in [1.165, 1.54) is 0 Å². The molecule has 0 saturated heterocycles. The van der Waals surface area contributed by atoms with Gasteiger partial charge in [0.1, 0.15) is 0 Å². The van der Waals surface area contributed by atoms with E-state index < -0.39 is 53.7 Å². The Morgan fingerprint density at radius 3 is 0.243 bits per heavy atom. The van der Waals surface area contributed by atoms with Gasteiger partial charge in [-0.05, 0) is 0 Å². The Morgan fingerprint density at radius 1 is 0.243 bits per heavy atom. The fourth-order valence-electron chi connectivity index (χ4n) is 0. The third-order valence-electron chi connectivity index (χ3n) is 0. The zero-order valence-electron chi connectivity index (χ0n) is 21.2. The molecule has 0 heterocycles. The predicted octanol–water partition coefficient (Wildman–Crippen LogP) is 0.170. The summed E-state index contributed by atoms with van der Waals surface area (Å²) >= 11 is 0. The van der Waals surface area contributed by atoms with Gasteiger partial charge in [0.25, 0.3) is 53.7 Å².